The van der Waals surface area contributed by atoms with Crippen LogP contribution in [0.15, 0.2) is 38.9 Å². The first-order valence-corrected chi connectivity index (χ1v) is 8.16. The van der Waals surface area contributed by atoms with E-state index in [0.717, 1.165) is 8.66 Å². The molecule has 0 aliphatic heterocycles. The SMILES string of the molecule is CCN(Cc1ccc(Br)s1)C(=O)c1cccnc1Br. The number of halogens is 2. The summed E-state index contributed by atoms with van der Waals surface area (Å²) in [5.41, 5.74) is 0.597. The summed E-state index contributed by atoms with van der Waals surface area (Å²) in [5, 5.41) is 0. The van der Waals surface area contributed by atoms with Gasteiger partial charge in [-0.15, -0.1) is 11.3 Å². The molecule has 0 unspecified atom stereocenters. The number of thiophene rings is 1. The molecule has 0 saturated carbocycles. The van der Waals surface area contributed by atoms with Crippen LogP contribution < -0.4 is 0 Å². The van der Waals surface area contributed by atoms with Crippen LogP contribution in [0.3, 0.4) is 0 Å². The monoisotopic (exact) mass is 402 g/mol. The first-order chi connectivity index (χ1) is 9.11. The van der Waals surface area contributed by atoms with Gasteiger partial charge in [0.1, 0.15) is 4.60 Å². The molecule has 1 amide bonds. The van der Waals surface area contributed by atoms with E-state index >= 15 is 0 Å². The van der Waals surface area contributed by atoms with Crippen molar-refractivity contribution in [1.29, 1.82) is 0 Å². The maximum absolute atomic E-state index is 12.5. The lowest BCUT2D eigenvalue weighted by Gasteiger charge is -2.20. The maximum Gasteiger partial charge on any atom is 0.256 e. The zero-order valence-corrected chi connectivity index (χ0v) is 14.3. The highest BCUT2D eigenvalue weighted by Crippen LogP contribution is 2.24. The predicted molar refractivity (Wildman–Crippen MR) is 84.4 cm³/mol. The van der Waals surface area contributed by atoms with Crippen molar-refractivity contribution in [3.63, 3.8) is 0 Å². The number of nitrogens with zero attached hydrogens (tertiary/aromatic N) is 2. The van der Waals surface area contributed by atoms with Gasteiger partial charge in [0.15, 0.2) is 0 Å². The van der Waals surface area contributed by atoms with E-state index in [0.29, 0.717) is 23.3 Å². The molecule has 2 aromatic heterocycles. The van der Waals surface area contributed by atoms with Crippen molar-refractivity contribution >= 4 is 49.1 Å². The van der Waals surface area contributed by atoms with Crippen LogP contribution in [0.25, 0.3) is 0 Å². The van der Waals surface area contributed by atoms with Gasteiger partial charge in [0.2, 0.25) is 0 Å². The van der Waals surface area contributed by atoms with Crippen molar-refractivity contribution in [3.8, 4) is 0 Å². The third-order valence-corrected chi connectivity index (χ3v) is 4.87. The molecule has 6 heteroatoms. The van der Waals surface area contributed by atoms with Crippen molar-refractivity contribution in [2.75, 3.05) is 6.54 Å². The summed E-state index contributed by atoms with van der Waals surface area (Å²) in [6.07, 6.45) is 1.66. The highest BCUT2D eigenvalue weighted by molar-refractivity contribution is 9.11. The fraction of sp³-hybridized carbons (Fsp3) is 0.231. The molecule has 0 atom stereocenters. The Bertz CT molecular complexity index is 586. The van der Waals surface area contributed by atoms with E-state index in [1.54, 1.807) is 34.6 Å². The topological polar surface area (TPSA) is 33.2 Å². The number of rotatable bonds is 4. The van der Waals surface area contributed by atoms with Crippen LogP contribution in [0.4, 0.5) is 0 Å². The molecule has 0 aliphatic carbocycles. The van der Waals surface area contributed by atoms with Crippen LogP contribution in [0.5, 0.6) is 0 Å². The van der Waals surface area contributed by atoms with Crippen LogP contribution in [0.2, 0.25) is 0 Å². The minimum atomic E-state index is -0.00741. The van der Waals surface area contributed by atoms with Gasteiger partial charge in [0.05, 0.1) is 15.9 Å². The Balaban J connectivity index is 2.18. The maximum atomic E-state index is 12.5. The number of amides is 1. The van der Waals surface area contributed by atoms with Crippen LogP contribution in [-0.4, -0.2) is 22.3 Å². The summed E-state index contributed by atoms with van der Waals surface area (Å²) in [4.78, 5) is 19.5. The van der Waals surface area contributed by atoms with E-state index < -0.39 is 0 Å². The highest BCUT2D eigenvalue weighted by atomic mass is 79.9. The summed E-state index contributed by atoms with van der Waals surface area (Å²) < 4.78 is 1.67. The van der Waals surface area contributed by atoms with Gasteiger partial charge in [-0.05, 0) is 63.0 Å². The second-order valence-corrected chi connectivity index (χ2v) is 7.17. The molecule has 0 radical (unpaired) electrons. The summed E-state index contributed by atoms with van der Waals surface area (Å²) in [6.45, 7) is 3.26. The average Bonchev–Trinajstić information content (AvgIpc) is 2.81. The summed E-state index contributed by atoms with van der Waals surface area (Å²) >= 11 is 8.40. The fourth-order valence-electron chi connectivity index (χ4n) is 1.67. The van der Waals surface area contributed by atoms with Crippen LogP contribution >= 0.6 is 43.2 Å². The molecule has 0 saturated heterocycles. The van der Waals surface area contributed by atoms with E-state index in [4.69, 9.17) is 0 Å². The number of carbonyl (C=O) groups is 1. The van der Waals surface area contributed by atoms with E-state index in [-0.39, 0.29) is 5.91 Å². The molecule has 2 heterocycles. The molecule has 0 N–H and O–H groups in total. The smallest absolute Gasteiger partial charge is 0.256 e. The largest absolute Gasteiger partial charge is 0.334 e. The summed E-state index contributed by atoms with van der Waals surface area (Å²) in [6, 6.07) is 7.58. The van der Waals surface area contributed by atoms with Crippen molar-refractivity contribution in [1.82, 2.24) is 9.88 Å². The molecular formula is C13H12Br2N2OS. The Hall–Kier alpha value is -0.720. The van der Waals surface area contributed by atoms with E-state index in [1.807, 2.05) is 19.1 Å². The van der Waals surface area contributed by atoms with Gasteiger partial charge in [-0.3, -0.25) is 4.79 Å². The number of hydrogen-bond donors (Lipinski definition) is 0. The summed E-state index contributed by atoms with van der Waals surface area (Å²) in [7, 11) is 0. The standard InChI is InChI=1S/C13H12Br2N2OS/c1-2-17(8-9-5-6-11(14)19-9)13(18)10-4-3-7-16-12(10)15/h3-7H,2,8H2,1H3. The fourth-order valence-corrected chi connectivity index (χ4v) is 3.59. The first-order valence-electron chi connectivity index (χ1n) is 5.75. The van der Waals surface area contributed by atoms with E-state index in [9.17, 15) is 4.79 Å². The average molecular weight is 404 g/mol. The predicted octanol–water partition coefficient (Wildman–Crippen LogP) is 4.33. The zero-order chi connectivity index (χ0) is 13.8. The van der Waals surface area contributed by atoms with Crippen LogP contribution in [0, 0.1) is 0 Å². The van der Waals surface area contributed by atoms with Gasteiger partial charge in [-0.25, -0.2) is 4.98 Å². The van der Waals surface area contributed by atoms with Gasteiger partial charge < -0.3 is 4.90 Å². The van der Waals surface area contributed by atoms with E-state index in [1.165, 1.54) is 0 Å². The number of hydrogen-bond acceptors (Lipinski definition) is 3. The van der Waals surface area contributed by atoms with Crippen molar-refractivity contribution in [2.45, 2.75) is 13.5 Å². The van der Waals surface area contributed by atoms with Gasteiger partial charge in [0, 0.05) is 17.6 Å². The molecule has 3 nitrogen and oxygen atoms in total. The van der Waals surface area contributed by atoms with E-state index in [2.05, 4.69) is 36.8 Å². The lowest BCUT2D eigenvalue weighted by atomic mass is 10.2. The molecule has 0 bridgehead atoms. The minimum absolute atomic E-state index is 0.00741. The van der Waals surface area contributed by atoms with Gasteiger partial charge in [0.25, 0.3) is 5.91 Å². The number of carbonyl (C=O) groups excluding carboxylic acids is 1. The second kappa shape index (κ2) is 6.63. The van der Waals surface area contributed by atoms with Gasteiger partial charge >= 0.3 is 0 Å². The van der Waals surface area contributed by atoms with Gasteiger partial charge in [-0.1, -0.05) is 0 Å². The number of pyridine rings is 1. The third kappa shape index (κ3) is 3.64. The molecule has 0 aliphatic rings. The first kappa shape index (κ1) is 14.7. The van der Waals surface area contributed by atoms with Crippen LogP contribution in [-0.2, 0) is 6.54 Å². The Morgan fingerprint density at radius 1 is 1.37 bits per heavy atom. The normalized spacial score (nSPS) is 10.5. The zero-order valence-electron chi connectivity index (χ0n) is 10.3. The van der Waals surface area contributed by atoms with Gasteiger partial charge in [-0.2, -0.15) is 0 Å². The Labute approximate surface area is 132 Å². The lowest BCUT2D eigenvalue weighted by Crippen LogP contribution is -2.30. The number of aromatic nitrogens is 1. The van der Waals surface area contributed by atoms with Crippen molar-refractivity contribution in [2.24, 2.45) is 0 Å². The Morgan fingerprint density at radius 3 is 2.74 bits per heavy atom. The minimum Gasteiger partial charge on any atom is -0.334 e. The molecule has 0 spiro atoms. The molecule has 2 aromatic rings. The molecule has 19 heavy (non-hydrogen) atoms. The van der Waals surface area contributed by atoms with Crippen LogP contribution in [0.1, 0.15) is 22.2 Å². The lowest BCUT2D eigenvalue weighted by molar-refractivity contribution is 0.0752. The second-order valence-electron chi connectivity index (χ2n) is 3.87. The molecular weight excluding hydrogens is 392 g/mol. The third-order valence-electron chi connectivity index (χ3n) is 2.63. The Kier molecular flexibility index (Phi) is 5.13. The van der Waals surface area contributed by atoms with Crippen molar-refractivity contribution < 1.29 is 4.79 Å². The quantitative estimate of drug-likeness (QED) is 0.711. The van der Waals surface area contributed by atoms with Crippen molar-refractivity contribution in [3.05, 3.63) is 49.3 Å². The molecule has 0 fully saturated rings. The highest BCUT2D eigenvalue weighted by Gasteiger charge is 2.18. The molecule has 100 valence electrons. The Morgan fingerprint density at radius 2 is 2.16 bits per heavy atom. The summed E-state index contributed by atoms with van der Waals surface area (Å²) in [5.74, 6) is -0.00741. The molecule has 2 rings (SSSR count). The molecule has 0 aromatic carbocycles.